The maximum absolute atomic E-state index is 13.2. The SMILES string of the molecule is O=C(CC12CC3CC(CC(C3)C1)C2)Nc1cccc2c(=O)n(CCc3ccccc3)ccc12. The molecule has 4 nitrogen and oxygen atoms in total. The first kappa shape index (κ1) is 20.7. The van der Waals surface area contributed by atoms with Crippen LogP contribution in [0.15, 0.2) is 65.6 Å². The smallest absolute Gasteiger partial charge is 0.258 e. The average molecular weight is 441 g/mol. The van der Waals surface area contributed by atoms with Crippen molar-refractivity contribution in [3.05, 3.63) is 76.7 Å². The van der Waals surface area contributed by atoms with Crippen molar-refractivity contribution < 1.29 is 4.79 Å². The van der Waals surface area contributed by atoms with Crippen molar-refractivity contribution in [2.45, 2.75) is 57.9 Å². The van der Waals surface area contributed by atoms with E-state index in [1.165, 1.54) is 44.1 Å². The standard InChI is InChI=1S/C29H32N2O2/c32-27(19-29-16-21-13-22(17-29)15-23(14-21)18-29)30-26-8-4-7-25-24(26)10-12-31(28(25)33)11-9-20-5-2-1-3-6-20/h1-8,10,12,21-23H,9,11,13-19H2,(H,30,32). The Morgan fingerprint density at radius 1 is 0.879 bits per heavy atom. The third kappa shape index (κ3) is 4.01. The lowest BCUT2D eigenvalue weighted by Crippen LogP contribution is -2.47. The number of carbonyl (C=O) groups excluding carboxylic acids is 1. The Morgan fingerprint density at radius 3 is 2.27 bits per heavy atom. The molecule has 3 aromatic rings. The summed E-state index contributed by atoms with van der Waals surface area (Å²) in [6.07, 6.45) is 11.2. The van der Waals surface area contributed by atoms with Crippen LogP contribution in [-0.2, 0) is 17.8 Å². The fraction of sp³-hybridized carbons (Fsp3) is 0.448. The molecule has 4 aliphatic rings. The Balaban J connectivity index is 1.19. The lowest BCUT2D eigenvalue weighted by Gasteiger charge is -2.56. The first-order valence-corrected chi connectivity index (χ1v) is 12.5. The molecule has 1 aromatic heterocycles. The first-order valence-electron chi connectivity index (χ1n) is 12.5. The first-order chi connectivity index (χ1) is 16.1. The van der Waals surface area contributed by atoms with E-state index in [-0.39, 0.29) is 16.9 Å². The van der Waals surface area contributed by atoms with Gasteiger partial charge in [-0.2, -0.15) is 0 Å². The van der Waals surface area contributed by atoms with Crippen LogP contribution in [0.1, 0.15) is 50.5 Å². The molecular formula is C29H32N2O2. The highest BCUT2D eigenvalue weighted by molar-refractivity contribution is 6.02. The van der Waals surface area contributed by atoms with Gasteiger partial charge >= 0.3 is 0 Å². The second-order valence-corrected chi connectivity index (χ2v) is 11.0. The minimum absolute atomic E-state index is 0.000569. The Kier molecular flexibility index (Phi) is 5.12. The van der Waals surface area contributed by atoms with Crippen LogP contribution in [0.5, 0.6) is 0 Å². The molecule has 0 aliphatic heterocycles. The van der Waals surface area contributed by atoms with Gasteiger partial charge in [0.1, 0.15) is 0 Å². The number of anilines is 1. The van der Waals surface area contributed by atoms with E-state index in [9.17, 15) is 9.59 Å². The average Bonchev–Trinajstić information content (AvgIpc) is 2.78. The molecule has 0 atom stereocenters. The number of aryl methyl sites for hydroxylation is 2. The zero-order valence-electron chi connectivity index (χ0n) is 19.1. The number of aromatic nitrogens is 1. The van der Waals surface area contributed by atoms with Crippen molar-refractivity contribution in [1.82, 2.24) is 4.57 Å². The number of nitrogens with zero attached hydrogens (tertiary/aromatic N) is 1. The molecule has 170 valence electrons. The van der Waals surface area contributed by atoms with E-state index in [1.807, 2.05) is 48.7 Å². The number of fused-ring (bicyclic) bond motifs is 1. The van der Waals surface area contributed by atoms with Gasteiger partial charge in [0.2, 0.25) is 5.91 Å². The zero-order valence-corrected chi connectivity index (χ0v) is 19.1. The second-order valence-electron chi connectivity index (χ2n) is 11.0. The number of nitrogens with one attached hydrogen (secondary N) is 1. The molecule has 0 unspecified atom stereocenters. The lowest BCUT2D eigenvalue weighted by atomic mass is 9.49. The summed E-state index contributed by atoms with van der Waals surface area (Å²) in [6.45, 7) is 0.640. The third-order valence-corrected chi connectivity index (χ3v) is 8.48. The van der Waals surface area contributed by atoms with Gasteiger partial charge in [-0.3, -0.25) is 9.59 Å². The van der Waals surface area contributed by atoms with Gasteiger partial charge in [0.15, 0.2) is 0 Å². The fourth-order valence-electron chi connectivity index (χ4n) is 7.54. The Morgan fingerprint density at radius 2 is 1.58 bits per heavy atom. The molecule has 1 heterocycles. The van der Waals surface area contributed by atoms with Crippen molar-refractivity contribution in [1.29, 1.82) is 0 Å². The molecule has 0 spiro atoms. The Bertz CT molecular complexity index is 1210. The van der Waals surface area contributed by atoms with E-state index < -0.39 is 0 Å². The van der Waals surface area contributed by atoms with Gasteiger partial charge in [-0.15, -0.1) is 0 Å². The number of rotatable bonds is 6. The van der Waals surface area contributed by atoms with Gasteiger partial charge in [-0.05, 0) is 91.9 Å². The van der Waals surface area contributed by atoms with Crippen LogP contribution in [-0.4, -0.2) is 10.5 Å². The highest BCUT2D eigenvalue weighted by atomic mass is 16.1. The van der Waals surface area contributed by atoms with E-state index in [2.05, 4.69) is 17.4 Å². The largest absolute Gasteiger partial charge is 0.325 e. The van der Waals surface area contributed by atoms with Crippen LogP contribution in [0, 0.1) is 23.2 Å². The molecule has 7 rings (SSSR count). The number of amides is 1. The van der Waals surface area contributed by atoms with Crippen molar-refractivity contribution in [3.63, 3.8) is 0 Å². The molecule has 1 N–H and O–H groups in total. The topological polar surface area (TPSA) is 51.1 Å². The highest BCUT2D eigenvalue weighted by Crippen LogP contribution is 2.61. The van der Waals surface area contributed by atoms with Crippen LogP contribution in [0.25, 0.3) is 10.8 Å². The van der Waals surface area contributed by atoms with E-state index in [1.54, 1.807) is 4.57 Å². The van der Waals surface area contributed by atoms with E-state index >= 15 is 0 Å². The maximum Gasteiger partial charge on any atom is 0.258 e. The summed E-state index contributed by atoms with van der Waals surface area (Å²) in [4.78, 5) is 26.3. The molecule has 4 aliphatic carbocycles. The highest BCUT2D eigenvalue weighted by Gasteiger charge is 2.51. The summed E-state index contributed by atoms with van der Waals surface area (Å²) >= 11 is 0. The second kappa shape index (κ2) is 8.16. The Labute approximate surface area is 195 Å². The molecule has 4 saturated carbocycles. The minimum Gasteiger partial charge on any atom is -0.325 e. The van der Waals surface area contributed by atoms with Crippen LogP contribution in [0.2, 0.25) is 0 Å². The molecule has 4 bridgehead atoms. The predicted octanol–water partition coefficient (Wildman–Crippen LogP) is 5.79. The summed E-state index contributed by atoms with van der Waals surface area (Å²) in [5.41, 5.74) is 2.19. The van der Waals surface area contributed by atoms with Gasteiger partial charge in [0.25, 0.3) is 5.56 Å². The number of hydrogen-bond donors (Lipinski definition) is 1. The van der Waals surface area contributed by atoms with E-state index in [4.69, 9.17) is 0 Å². The fourth-order valence-corrected chi connectivity index (χ4v) is 7.54. The molecule has 2 aromatic carbocycles. The van der Waals surface area contributed by atoms with Gasteiger partial charge in [0, 0.05) is 35.6 Å². The monoisotopic (exact) mass is 440 g/mol. The van der Waals surface area contributed by atoms with E-state index in [0.717, 1.165) is 35.2 Å². The van der Waals surface area contributed by atoms with E-state index in [0.29, 0.717) is 18.4 Å². The summed E-state index contributed by atoms with van der Waals surface area (Å²) in [5.74, 6) is 2.64. The lowest BCUT2D eigenvalue weighted by molar-refractivity contribution is -0.124. The molecule has 4 heteroatoms. The number of pyridine rings is 1. The third-order valence-electron chi connectivity index (χ3n) is 8.48. The summed E-state index contributed by atoms with van der Waals surface area (Å²) < 4.78 is 1.77. The van der Waals surface area contributed by atoms with Crippen LogP contribution >= 0.6 is 0 Å². The van der Waals surface area contributed by atoms with Crippen molar-refractivity contribution in [2.24, 2.45) is 23.2 Å². The van der Waals surface area contributed by atoms with Gasteiger partial charge in [-0.1, -0.05) is 36.4 Å². The van der Waals surface area contributed by atoms with Crippen LogP contribution < -0.4 is 10.9 Å². The number of benzene rings is 2. The van der Waals surface area contributed by atoms with Crippen LogP contribution in [0.4, 0.5) is 5.69 Å². The minimum atomic E-state index is 0.000569. The van der Waals surface area contributed by atoms with Crippen LogP contribution in [0.3, 0.4) is 0 Å². The quantitative estimate of drug-likeness (QED) is 0.527. The molecule has 0 radical (unpaired) electrons. The molecular weight excluding hydrogens is 408 g/mol. The summed E-state index contributed by atoms with van der Waals surface area (Å²) in [6, 6.07) is 17.9. The summed E-state index contributed by atoms with van der Waals surface area (Å²) in [7, 11) is 0. The Hall–Kier alpha value is -2.88. The number of carbonyl (C=O) groups is 1. The molecule has 0 saturated heterocycles. The maximum atomic E-state index is 13.2. The molecule has 4 fully saturated rings. The molecule has 1 amide bonds. The van der Waals surface area contributed by atoms with Gasteiger partial charge in [-0.25, -0.2) is 0 Å². The normalized spacial score (nSPS) is 27.7. The molecule has 33 heavy (non-hydrogen) atoms. The van der Waals surface area contributed by atoms with Crippen molar-refractivity contribution in [2.75, 3.05) is 5.32 Å². The number of hydrogen-bond acceptors (Lipinski definition) is 2. The van der Waals surface area contributed by atoms with Gasteiger partial charge in [0.05, 0.1) is 0 Å². The van der Waals surface area contributed by atoms with Crippen molar-refractivity contribution in [3.8, 4) is 0 Å². The predicted molar refractivity (Wildman–Crippen MR) is 132 cm³/mol. The van der Waals surface area contributed by atoms with Gasteiger partial charge < -0.3 is 9.88 Å². The summed E-state index contributed by atoms with van der Waals surface area (Å²) in [5, 5.41) is 4.67. The van der Waals surface area contributed by atoms with Crippen molar-refractivity contribution >= 4 is 22.4 Å². The zero-order chi connectivity index (χ0) is 22.4.